The van der Waals surface area contributed by atoms with E-state index in [0.717, 1.165) is 0 Å². The molecule has 0 spiro atoms. The van der Waals surface area contributed by atoms with E-state index < -0.39 is 42.7 Å². The van der Waals surface area contributed by atoms with Gasteiger partial charge in [0.2, 0.25) is 0 Å². The fourth-order valence-corrected chi connectivity index (χ4v) is 2.96. The highest BCUT2D eigenvalue weighted by atomic mass is 32.1. The van der Waals surface area contributed by atoms with Crippen LogP contribution in [0.2, 0.25) is 0 Å². The van der Waals surface area contributed by atoms with Crippen molar-refractivity contribution in [2.45, 2.75) is 75.8 Å². The molecule has 1 aliphatic rings. The predicted molar refractivity (Wildman–Crippen MR) is 102 cm³/mol. The maximum Gasteiger partial charge on any atom is 0.166 e. The molecule has 152 valence electrons. The Labute approximate surface area is 159 Å². The summed E-state index contributed by atoms with van der Waals surface area (Å²) < 4.78 is 5.71. The standard InChI is InChI=1S/C17H32N2O6S/c1-3-10(20)8-13(22)11(19-17(26)18-4-2)9-25-14-7-5-6-12(21)15(23)16(14)24/h5-6,10-16,20-24H,3-4,7-9H2,1-2H3,(H2,18,19,26). The van der Waals surface area contributed by atoms with Gasteiger partial charge in [-0.1, -0.05) is 19.1 Å². The number of nitrogens with one attached hydrogen (secondary N) is 2. The highest BCUT2D eigenvalue weighted by Crippen LogP contribution is 2.18. The maximum atomic E-state index is 10.4. The van der Waals surface area contributed by atoms with Crippen molar-refractivity contribution in [3.63, 3.8) is 0 Å². The summed E-state index contributed by atoms with van der Waals surface area (Å²) >= 11 is 5.16. The summed E-state index contributed by atoms with van der Waals surface area (Å²) in [5.74, 6) is 0. The minimum atomic E-state index is -1.35. The molecule has 0 amide bonds. The van der Waals surface area contributed by atoms with E-state index in [2.05, 4.69) is 10.6 Å². The lowest BCUT2D eigenvalue weighted by Gasteiger charge is -2.30. The highest BCUT2D eigenvalue weighted by molar-refractivity contribution is 7.80. The Morgan fingerprint density at radius 2 is 1.92 bits per heavy atom. The van der Waals surface area contributed by atoms with Crippen molar-refractivity contribution in [1.29, 1.82) is 0 Å². The zero-order valence-corrected chi connectivity index (χ0v) is 16.1. The molecule has 9 heteroatoms. The maximum absolute atomic E-state index is 10.4. The molecule has 0 bridgehead atoms. The molecule has 8 nitrogen and oxygen atoms in total. The van der Waals surface area contributed by atoms with Crippen LogP contribution in [-0.2, 0) is 4.74 Å². The molecule has 26 heavy (non-hydrogen) atoms. The van der Waals surface area contributed by atoms with Gasteiger partial charge in [0.1, 0.15) is 18.3 Å². The average Bonchev–Trinajstić information content (AvgIpc) is 2.72. The van der Waals surface area contributed by atoms with E-state index in [9.17, 15) is 25.5 Å². The number of rotatable bonds is 9. The number of thiocarbonyl (C=S) groups is 1. The van der Waals surface area contributed by atoms with E-state index in [1.807, 2.05) is 13.8 Å². The fraction of sp³-hybridized carbons (Fsp3) is 0.824. The van der Waals surface area contributed by atoms with Gasteiger partial charge in [-0.2, -0.15) is 0 Å². The van der Waals surface area contributed by atoms with Crippen LogP contribution >= 0.6 is 12.2 Å². The molecule has 0 aromatic carbocycles. The lowest BCUT2D eigenvalue weighted by Crippen LogP contribution is -2.52. The third kappa shape index (κ3) is 7.43. The summed E-state index contributed by atoms with van der Waals surface area (Å²) in [7, 11) is 0. The first-order valence-corrected chi connectivity index (χ1v) is 9.43. The van der Waals surface area contributed by atoms with Crippen LogP contribution in [-0.4, -0.2) is 86.5 Å². The molecule has 1 rings (SSSR count). The van der Waals surface area contributed by atoms with Gasteiger partial charge in [0.15, 0.2) is 5.11 Å². The molecule has 0 fully saturated rings. The van der Waals surface area contributed by atoms with Gasteiger partial charge in [-0.05, 0) is 32.0 Å². The number of hydrogen-bond acceptors (Lipinski definition) is 7. The monoisotopic (exact) mass is 392 g/mol. The Bertz CT molecular complexity index is 453. The molecule has 0 aromatic rings. The van der Waals surface area contributed by atoms with Gasteiger partial charge >= 0.3 is 0 Å². The summed E-state index contributed by atoms with van der Waals surface area (Å²) in [6.45, 7) is 4.32. The number of aliphatic hydroxyl groups is 5. The molecule has 0 aliphatic heterocycles. The Kier molecular flexibility index (Phi) is 10.6. The van der Waals surface area contributed by atoms with Crippen molar-refractivity contribution in [3.05, 3.63) is 12.2 Å². The lowest BCUT2D eigenvalue weighted by molar-refractivity contribution is -0.116. The van der Waals surface area contributed by atoms with Crippen LogP contribution in [0.25, 0.3) is 0 Å². The first-order valence-electron chi connectivity index (χ1n) is 9.03. The third-order valence-electron chi connectivity index (χ3n) is 4.38. The number of hydrogen-bond donors (Lipinski definition) is 7. The molecular formula is C17H32N2O6S. The quantitative estimate of drug-likeness (QED) is 0.191. The van der Waals surface area contributed by atoms with E-state index in [1.165, 1.54) is 6.08 Å². The Morgan fingerprint density at radius 1 is 1.23 bits per heavy atom. The van der Waals surface area contributed by atoms with Crippen LogP contribution < -0.4 is 10.6 Å². The summed E-state index contributed by atoms with van der Waals surface area (Å²) in [5, 5.41) is 56.1. The summed E-state index contributed by atoms with van der Waals surface area (Å²) in [6.07, 6.45) is -2.04. The third-order valence-corrected chi connectivity index (χ3v) is 4.64. The molecule has 0 saturated heterocycles. The first kappa shape index (κ1) is 23.2. The summed E-state index contributed by atoms with van der Waals surface area (Å²) in [5.41, 5.74) is 0. The van der Waals surface area contributed by atoms with Crippen LogP contribution in [0.5, 0.6) is 0 Å². The average molecular weight is 393 g/mol. The number of aliphatic hydroxyl groups excluding tert-OH is 5. The van der Waals surface area contributed by atoms with Crippen LogP contribution in [0.15, 0.2) is 12.2 Å². The highest BCUT2D eigenvalue weighted by Gasteiger charge is 2.33. The van der Waals surface area contributed by atoms with Gasteiger partial charge in [-0.25, -0.2) is 0 Å². The molecule has 0 saturated carbocycles. The molecule has 0 aromatic heterocycles. The minimum absolute atomic E-state index is 0.00151. The topological polar surface area (TPSA) is 134 Å². The van der Waals surface area contributed by atoms with E-state index >= 15 is 0 Å². The second-order valence-electron chi connectivity index (χ2n) is 6.48. The Balaban J connectivity index is 2.71. The Morgan fingerprint density at radius 3 is 2.54 bits per heavy atom. The SMILES string of the molecule is CCNC(=S)NC(COC1CC=CC(O)C(O)C1O)C(O)CC(O)CC. The van der Waals surface area contributed by atoms with Crippen molar-refractivity contribution in [2.75, 3.05) is 13.2 Å². The normalized spacial score (nSPS) is 29.5. The van der Waals surface area contributed by atoms with Crippen LogP contribution in [0.4, 0.5) is 0 Å². The van der Waals surface area contributed by atoms with Crippen molar-refractivity contribution < 1.29 is 30.3 Å². The van der Waals surface area contributed by atoms with Crippen LogP contribution in [0.3, 0.4) is 0 Å². The largest absolute Gasteiger partial charge is 0.393 e. The summed E-state index contributed by atoms with van der Waals surface area (Å²) in [6, 6.07) is -0.607. The molecule has 7 atom stereocenters. The van der Waals surface area contributed by atoms with Gasteiger partial charge in [0.25, 0.3) is 0 Å². The van der Waals surface area contributed by atoms with Gasteiger partial charge < -0.3 is 40.9 Å². The molecule has 0 heterocycles. The molecular weight excluding hydrogens is 360 g/mol. The lowest BCUT2D eigenvalue weighted by atomic mass is 10.0. The zero-order chi connectivity index (χ0) is 19.7. The van der Waals surface area contributed by atoms with E-state index in [4.69, 9.17) is 17.0 Å². The van der Waals surface area contributed by atoms with Crippen LogP contribution in [0.1, 0.15) is 33.1 Å². The van der Waals surface area contributed by atoms with Gasteiger partial charge in [0.05, 0.1) is 31.0 Å². The molecule has 1 aliphatic carbocycles. The van der Waals surface area contributed by atoms with E-state index in [1.54, 1.807) is 6.08 Å². The number of ether oxygens (including phenoxy) is 1. The Hall–Kier alpha value is -0.810. The van der Waals surface area contributed by atoms with Gasteiger partial charge in [-0.15, -0.1) is 0 Å². The smallest absolute Gasteiger partial charge is 0.166 e. The van der Waals surface area contributed by atoms with Crippen molar-refractivity contribution in [1.82, 2.24) is 10.6 Å². The second kappa shape index (κ2) is 11.8. The van der Waals surface area contributed by atoms with Crippen molar-refractivity contribution in [3.8, 4) is 0 Å². The minimum Gasteiger partial charge on any atom is -0.393 e. The van der Waals surface area contributed by atoms with Gasteiger partial charge in [-0.3, -0.25) is 0 Å². The van der Waals surface area contributed by atoms with E-state index in [-0.39, 0.29) is 13.0 Å². The van der Waals surface area contributed by atoms with Crippen molar-refractivity contribution in [2.24, 2.45) is 0 Å². The predicted octanol–water partition coefficient (Wildman–Crippen LogP) is -1.21. The molecule has 7 unspecified atom stereocenters. The van der Waals surface area contributed by atoms with Crippen molar-refractivity contribution >= 4 is 17.3 Å². The molecule has 7 N–H and O–H groups in total. The zero-order valence-electron chi connectivity index (χ0n) is 15.3. The molecule has 0 radical (unpaired) electrons. The summed E-state index contributed by atoms with van der Waals surface area (Å²) in [4.78, 5) is 0. The second-order valence-corrected chi connectivity index (χ2v) is 6.89. The van der Waals surface area contributed by atoms with Gasteiger partial charge in [0, 0.05) is 13.0 Å². The van der Waals surface area contributed by atoms with E-state index in [0.29, 0.717) is 24.5 Å². The first-order chi connectivity index (χ1) is 12.3. The fourth-order valence-electron chi connectivity index (χ4n) is 2.66. The van der Waals surface area contributed by atoms with Crippen LogP contribution in [0, 0.1) is 0 Å².